The van der Waals surface area contributed by atoms with E-state index in [0.717, 1.165) is 50.7 Å². The lowest BCUT2D eigenvalue weighted by atomic mass is 9.77. The molecule has 0 amide bonds. The van der Waals surface area contributed by atoms with Crippen LogP contribution in [0.2, 0.25) is 0 Å². The summed E-state index contributed by atoms with van der Waals surface area (Å²) in [6.07, 6.45) is 1.03. The first kappa shape index (κ1) is 27.8. The summed E-state index contributed by atoms with van der Waals surface area (Å²) in [5.74, 6) is -6.80. The lowest BCUT2D eigenvalue weighted by molar-refractivity contribution is -0.187. The summed E-state index contributed by atoms with van der Waals surface area (Å²) >= 11 is 0. The molecule has 0 radical (unpaired) electrons. The van der Waals surface area contributed by atoms with Crippen LogP contribution in [0.25, 0.3) is 0 Å². The van der Waals surface area contributed by atoms with Gasteiger partial charge in [0.05, 0.1) is 5.56 Å². The van der Waals surface area contributed by atoms with Crippen molar-refractivity contribution in [3.8, 4) is 11.5 Å². The van der Waals surface area contributed by atoms with E-state index in [0.29, 0.717) is 11.5 Å². The molecule has 1 saturated carbocycles. The first-order chi connectivity index (χ1) is 17.0. The van der Waals surface area contributed by atoms with Gasteiger partial charge in [-0.15, -0.1) is 0 Å². The number of unbranched alkanes of at least 4 members (excludes halogenated alkanes) is 2. The van der Waals surface area contributed by atoms with Crippen LogP contribution in [-0.2, 0) is 6.11 Å². The summed E-state index contributed by atoms with van der Waals surface area (Å²) in [6.45, 7) is 2.14. The molecule has 1 fully saturated rings. The van der Waals surface area contributed by atoms with E-state index < -0.39 is 52.7 Å². The monoisotopic (exact) mass is 522 g/mol. The Hall–Kier alpha value is -2.78. The maximum absolute atomic E-state index is 14.7. The Labute approximate surface area is 203 Å². The Bertz CT molecular complexity index is 1050. The molecule has 1 aliphatic rings. The Morgan fingerprint density at radius 1 is 0.889 bits per heavy atom. The van der Waals surface area contributed by atoms with Crippen molar-refractivity contribution in [3.63, 3.8) is 0 Å². The normalized spacial score (nSPS) is 18.1. The minimum Gasteiger partial charge on any atom is -0.429 e. The smallest absolute Gasteiger partial charge is 0.429 e. The molecule has 0 unspecified atom stereocenters. The number of hydrogen-bond donors (Lipinski definition) is 0. The van der Waals surface area contributed by atoms with E-state index in [-0.39, 0.29) is 18.1 Å². The molecule has 3 rings (SSSR count). The number of benzene rings is 2. The zero-order valence-corrected chi connectivity index (χ0v) is 19.5. The second-order valence-corrected chi connectivity index (χ2v) is 8.92. The summed E-state index contributed by atoms with van der Waals surface area (Å²) in [4.78, 5) is 0. The largest absolute Gasteiger partial charge is 0.429 e. The van der Waals surface area contributed by atoms with Crippen LogP contribution in [0.1, 0.15) is 75.3 Å². The Morgan fingerprint density at radius 3 is 2.08 bits per heavy atom. The Morgan fingerprint density at radius 2 is 1.53 bits per heavy atom. The highest BCUT2D eigenvalue weighted by atomic mass is 19.3. The zero-order valence-electron chi connectivity index (χ0n) is 19.5. The molecule has 0 aliphatic heterocycles. The van der Waals surface area contributed by atoms with Gasteiger partial charge in [-0.2, -0.15) is 22.0 Å². The molecular formula is C26H26F8O2. The van der Waals surface area contributed by atoms with Crippen LogP contribution in [-0.4, -0.2) is 0 Å². The van der Waals surface area contributed by atoms with Gasteiger partial charge >= 0.3 is 18.2 Å². The van der Waals surface area contributed by atoms with Gasteiger partial charge in [0.1, 0.15) is 11.6 Å². The van der Waals surface area contributed by atoms with E-state index in [1.807, 2.05) is 0 Å². The summed E-state index contributed by atoms with van der Waals surface area (Å²) in [6, 6.07) is 1.08. The molecule has 0 heterocycles. The first-order valence-electron chi connectivity index (χ1n) is 11.8. The minimum absolute atomic E-state index is 0.0462. The summed E-state index contributed by atoms with van der Waals surface area (Å²) in [7, 11) is 0. The summed E-state index contributed by atoms with van der Waals surface area (Å²) < 4.78 is 117. The van der Waals surface area contributed by atoms with Crippen molar-refractivity contribution < 1.29 is 44.6 Å². The van der Waals surface area contributed by atoms with Crippen LogP contribution >= 0.6 is 0 Å². The molecule has 0 spiro atoms. The third kappa shape index (κ3) is 6.91. The summed E-state index contributed by atoms with van der Waals surface area (Å²) in [5, 5.41) is 0. The van der Waals surface area contributed by atoms with Gasteiger partial charge in [-0.1, -0.05) is 38.7 Å². The van der Waals surface area contributed by atoms with Gasteiger partial charge in [0.2, 0.25) is 5.75 Å². The minimum atomic E-state index is -4.32. The Balaban J connectivity index is 1.70. The predicted octanol–water partition coefficient (Wildman–Crippen LogP) is 9.50. The van der Waals surface area contributed by atoms with Gasteiger partial charge in [-0.25, -0.2) is 13.2 Å². The topological polar surface area (TPSA) is 18.5 Å². The van der Waals surface area contributed by atoms with E-state index in [2.05, 4.69) is 16.4 Å². The number of rotatable bonds is 10. The van der Waals surface area contributed by atoms with Gasteiger partial charge < -0.3 is 9.47 Å². The van der Waals surface area contributed by atoms with Crippen molar-refractivity contribution in [3.05, 3.63) is 71.0 Å². The maximum Gasteiger partial charge on any atom is 0.429 e. The van der Waals surface area contributed by atoms with Crippen LogP contribution in [0.15, 0.2) is 42.4 Å². The highest BCUT2D eigenvalue weighted by molar-refractivity contribution is 5.37. The van der Waals surface area contributed by atoms with Crippen molar-refractivity contribution in [2.75, 3.05) is 0 Å². The molecule has 2 nitrogen and oxygen atoms in total. The zero-order chi connectivity index (χ0) is 26.5. The third-order valence-corrected chi connectivity index (χ3v) is 6.40. The van der Waals surface area contributed by atoms with E-state index in [9.17, 15) is 35.1 Å². The number of alkyl halides is 2. The summed E-state index contributed by atoms with van der Waals surface area (Å²) in [5.41, 5.74) is -0.554. The SMILES string of the molecule is CCCCCC1CCC(c2ccc(C(F)(F)Oc3cc(F)c(OC(F)=C(F)F)c(F)c3)c(F)c2)CC1. The fraction of sp³-hybridized carbons (Fsp3) is 0.462. The average molecular weight is 522 g/mol. The van der Waals surface area contributed by atoms with Crippen LogP contribution in [0.3, 0.4) is 0 Å². The second-order valence-electron chi connectivity index (χ2n) is 8.92. The van der Waals surface area contributed by atoms with Gasteiger partial charge in [0.15, 0.2) is 11.6 Å². The molecule has 0 atom stereocenters. The standard InChI is InChI=1S/C26H26F8O2/c1-2-3-4-5-15-6-8-16(9-7-15)17-10-11-19(20(27)12-17)26(33,34)36-18-13-21(28)23(22(29)14-18)35-25(32)24(30)31/h10-16H,2-9H2,1H3. The lowest BCUT2D eigenvalue weighted by Crippen LogP contribution is -2.24. The molecule has 2 aromatic rings. The van der Waals surface area contributed by atoms with Gasteiger partial charge in [0, 0.05) is 12.1 Å². The fourth-order valence-corrected chi connectivity index (χ4v) is 4.51. The van der Waals surface area contributed by atoms with E-state index in [4.69, 9.17) is 0 Å². The molecule has 36 heavy (non-hydrogen) atoms. The third-order valence-electron chi connectivity index (χ3n) is 6.40. The maximum atomic E-state index is 14.7. The number of hydrogen-bond acceptors (Lipinski definition) is 2. The predicted molar refractivity (Wildman–Crippen MR) is 117 cm³/mol. The van der Waals surface area contributed by atoms with E-state index >= 15 is 0 Å². The first-order valence-corrected chi connectivity index (χ1v) is 11.8. The molecule has 0 bridgehead atoms. The van der Waals surface area contributed by atoms with E-state index in [1.54, 1.807) is 0 Å². The number of ether oxygens (including phenoxy) is 2. The highest BCUT2D eigenvalue weighted by Crippen LogP contribution is 2.40. The van der Waals surface area contributed by atoms with E-state index in [1.165, 1.54) is 18.9 Å². The van der Waals surface area contributed by atoms with Gasteiger partial charge in [0.25, 0.3) is 0 Å². The van der Waals surface area contributed by atoms with Crippen molar-refractivity contribution in [1.82, 2.24) is 0 Å². The average Bonchev–Trinajstić information content (AvgIpc) is 2.81. The molecule has 0 N–H and O–H groups in total. The Kier molecular flexibility index (Phi) is 9.24. The van der Waals surface area contributed by atoms with Crippen LogP contribution in [0.4, 0.5) is 35.1 Å². The number of halogens is 8. The molecule has 1 aliphatic carbocycles. The van der Waals surface area contributed by atoms with Crippen molar-refractivity contribution in [2.45, 2.75) is 70.3 Å². The van der Waals surface area contributed by atoms with Gasteiger partial charge in [-0.05, 0) is 55.2 Å². The highest BCUT2D eigenvalue weighted by Gasteiger charge is 2.38. The van der Waals surface area contributed by atoms with Crippen LogP contribution in [0, 0.1) is 23.4 Å². The molecule has 10 heteroatoms. The molecule has 198 valence electrons. The molecular weight excluding hydrogens is 496 g/mol. The van der Waals surface area contributed by atoms with Crippen LogP contribution < -0.4 is 9.47 Å². The van der Waals surface area contributed by atoms with Crippen molar-refractivity contribution in [1.29, 1.82) is 0 Å². The van der Waals surface area contributed by atoms with Crippen LogP contribution in [0.5, 0.6) is 11.5 Å². The van der Waals surface area contributed by atoms with Crippen molar-refractivity contribution in [2.24, 2.45) is 5.92 Å². The molecule has 2 aromatic carbocycles. The quantitative estimate of drug-likeness (QED) is 0.176. The lowest BCUT2D eigenvalue weighted by Gasteiger charge is -2.29. The molecule has 0 saturated heterocycles. The second kappa shape index (κ2) is 12.0. The van der Waals surface area contributed by atoms with Crippen molar-refractivity contribution >= 4 is 0 Å². The molecule has 0 aromatic heterocycles. The fourth-order valence-electron chi connectivity index (χ4n) is 4.51. The van der Waals surface area contributed by atoms with Gasteiger partial charge in [-0.3, -0.25) is 0 Å².